The molecule has 1 aliphatic rings. The van der Waals surface area contributed by atoms with Crippen molar-refractivity contribution in [3.63, 3.8) is 0 Å². The Morgan fingerprint density at radius 2 is 2.00 bits per heavy atom. The number of aliphatic hydroxyl groups is 1. The first-order chi connectivity index (χ1) is 4.52. The van der Waals surface area contributed by atoms with Crippen molar-refractivity contribution in [1.29, 1.82) is 0 Å². The van der Waals surface area contributed by atoms with E-state index in [1.54, 1.807) is 0 Å². The first-order valence-electron chi connectivity index (χ1n) is 4.20. The Bertz CT molecular complexity index is 112. The minimum atomic E-state index is -0.129. The summed E-state index contributed by atoms with van der Waals surface area (Å²) in [5.41, 5.74) is 0.383. The molecule has 0 heterocycles. The minimum Gasteiger partial charge on any atom is -0.393 e. The highest BCUT2D eigenvalue weighted by Gasteiger charge is 2.37. The molecule has 1 N–H and O–H groups in total. The molecule has 1 unspecified atom stereocenters. The van der Waals surface area contributed by atoms with Crippen molar-refractivity contribution in [3.05, 3.63) is 0 Å². The minimum absolute atomic E-state index is 0.129. The van der Waals surface area contributed by atoms with Crippen LogP contribution in [0.25, 0.3) is 0 Å². The average Bonchev–Trinajstić information content (AvgIpc) is 2.35. The molecule has 1 aliphatic carbocycles. The van der Waals surface area contributed by atoms with Crippen LogP contribution in [0.1, 0.15) is 40.0 Å². The molecule has 1 nitrogen and oxygen atoms in total. The monoisotopic (exact) mass is 142 g/mol. The summed E-state index contributed by atoms with van der Waals surface area (Å²) >= 11 is 0. The second-order valence-electron chi connectivity index (χ2n) is 4.32. The molecule has 1 rings (SSSR count). The van der Waals surface area contributed by atoms with Crippen LogP contribution in [0.15, 0.2) is 0 Å². The van der Waals surface area contributed by atoms with E-state index in [1.165, 1.54) is 12.8 Å². The molecule has 0 aromatic heterocycles. The summed E-state index contributed by atoms with van der Waals surface area (Å²) in [4.78, 5) is 0. The topological polar surface area (TPSA) is 20.2 Å². The van der Waals surface area contributed by atoms with E-state index in [4.69, 9.17) is 5.11 Å². The lowest BCUT2D eigenvalue weighted by molar-refractivity contribution is 0.117. The summed E-state index contributed by atoms with van der Waals surface area (Å²) < 4.78 is 0. The highest BCUT2D eigenvalue weighted by Crippen LogP contribution is 2.47. The number of rotatable bonds is 3. The quantitative estimate of drug-likeness (QED) is 0.640. The van der Waals surface area contributed by atoms with Crippen molar-refractivity contribution in [1.82, 2.24) is 0 Å². The molecule has 0 aromatic carbocycles. The molecular weight excluding hydrogens is 124 g/mol. The molecule has 1 fully saturated rings. The predicted octanol–water partition coefficient (Wildman–Crippen LogP) is 2.19. The molecule has 1 saturated carbocycles. The third-order valence-corrected chi connectivity index (χ3v) is 2.50. The standard InChI is InChI=1S/C9H18O/c1-7(10)6-9(2,3)8-4-5-8/h7-8,10H,4-6H2,1-3H3. The van der Waals surface area contributed by atoms with E-state index < -0.39 is 0 Å². The molecule has 60 valence electrons. The Morgan fingerprint density at radius 1 is 1.50 bits per heavy atom. The van der Waals surface area contributed by atoms with Gasteiger partial charge in [-0.15, -0.1) is 0 Å². The molecule has 0 spiro atoms. The van der Waals surface area contributed by atoms with Gasteiger partial charge < -0.3 is 5.11 Å². The Morgan fingerprint density at radius 3 is 2.30 bits per heavy atom. The van der Waals surface area contributed by atoms with Gasteiger partial charge in [0.1, 0.15) is 0 Å². The van der Waals surface area contributed by atoms with E-state index in [-0.39, 0.29) is 6.10 Å². The highest BCUT2D eigenvalue weighted by atomic mass is 16.3. The lowest BCUT2D eigenvalue weighted by Crippen LogP contribution is -2.20. The van der Waals surface area contributed by atoms with Crippen LogP contribution in [0.3, 0.4) is 0 Å². The Balaban J connectivity index is 2.34. The van der Waals surface area contributed by atoms with E-state index in [1.807, 2.05) is 6.92 Å². The normalized spacial score (nSPS) is 22.8. The molecule has 0 radical (unpaired) electrons. The maximum Gasteiger partial charge on any atom is 0.0517 e. The summed E-state index contributed by atoms with van der Waals surface area (Å²) in [6, 6.07) is 0. The van der Waals surface area contributed by atoms with Crippen LogP contribution in [0.2, 0.25) is 0 Å². The SMILES string of the molecule is CC(O)CC(C)(C)C1CC1. The van der Waals surface area contributed by atoms with Crippen molar-refractivity contribution in [2.24, 2.45) is 11.3 Å². The second-order valence-corrected chi connectivity index (χ2v) is 4.32. The van der Waals surface area contributed by atoms with Gasteiger partial charge in [0.25, 0.3) is 0 Å². The van der Waals surface area contributed by atoms with Gasteiger partial charge in [-0.25, -0.2) is 0 Å². The fourth-order valence-electron chi connectivity index (χ4n) is 1.79. The zero-order valence-corrected chi connectivity index (χ0v) is 7.22. The molecule has 1 heteroatoms. The van der Waals surface area contributed by atoms with Crippen LogP contribution in [0, 0.1) is 11.3 Å². The summed E-state index contributed by atoms with van der Waals surface area (Å²) in [7, 11) is 0. The Labute approximate surface area is 63.4 Å². The molecule has 0 amide bonds. The Hall–Kier alpha value is -0.0400. The summed E-state index contributed by atoms with van der Waals surface area (Å²) in [6.45, 7) is 6.40. The van der Waals surface area contributed by atoms with Gasteiger partial charge in [0, 0.05) is 0 Å². The lowest BCUT2D eigenvalue weighted by Gasteiger charge is -2.25. The maximum absolute atomic E-state index is 9.16. The molecule has 0 aromatic rings. The third-order valence-electron chi connectivity index (χ3n) is 2.50. The van der Waals surface area contributed by atoms with E-state index in [2.05, 4.69) is 13.8 Å². The molecule has 0 aliphatic heterocycles. The van der Waals surface area contributed by atoms with E-state index in [0.717, 1.165) is 12.3 Å². The van der Waals surface area contributed by atoms with Gasteiger partial charge in [-0.05, 0) is 37.5 Å². The average molecular weight is 142 g/mol. The number of hydrogen-bond donors (Lipinski definition) is 1. The van der Waals surface area contributed by atoms with Crippen LogP contribution in [0.5, 0.6) is 0 Å². The smallest absolute Gasteiger partial charge is 0.0517 e. The fourth-order valence-corrected chi connectivity index (χ4v) is 1.79. The van der Waals surface area contributed by atoms with Crippen molar-refractivity contribution >= 4 is 0 Å². The number of aliphatic hydroxyl groups excluding tert-OH is 1. The van der Waals surface area contributed by atoms with Crippen LogP contribution < -0.4 is 0 Å². The van der Waals surface area contributed by atoms with Gasteiger partial charge in [-0.1, -0.05) is 13.8 Å². The molecule has 1 atom stereocenters. The molecular formula is C9H18O. The van der Waals surface area contributed by atoms with Gasteiger partial charge >= 0.3 is 0 Å². The van der Waals surface area contributed by atoms with Gasteiger partial charge in [-0.2, -0.15) is 0 Å². The summed E-state index contributed by atoms with van der Waals surface area (Å²) in [5, 5.41) is 9.16. The van der Waals surface area contributed by atoms with Crippen molar-refractivity contribution < 1.29 is 5.11 Å². The first-order valence-corrected chi connectivity index (χ1v) is 4.20. The highest BCUT2D eigenvalue weighted by molar-refractivity contribution is 4.88. The predicted molar refractivity (Wildman–Crippen MR) is 42.8 cm³/mol. The van der Waals surface area contributed by atoms with Gasteiger partial charge in [0.15, 0.2) is 0 Å². The van der Waals surface area contributed by atoms with Crippen molar-refractivity contribution in [2.45, 2.75) is 46.1 Å². The van der Waals surface area contributed by atoms with E-state index >= 15 is 0 Å². The molecule has 0 saturated heterocycles. The summed E-state index contributed by atoms with van der Waals surface area (Å²) in [5.74, 6) is 0.891. The lowest BCUT2D eigenvalue weighted by atomic mass is 9.82. The van der Waals surface area contributed by atoms with Crippen LogP contribution in [-0.4, -0.2) is 11.2 Å². The molecule has 10 heavy (non-hydrogen) atoms. The zero-order valence-electron chi connectivity index (χ0n) is 7.22. The van der Waals surface area contributed by atoms with E-state index in [9.17, 15) is 0 Å². The summed E-state index contributed by atoms with van der Waals surface area (Å²) in [6.07, 6.45) is 3.58. The largest absolute Gasteiger partial charge is 0.393 e. The maximum atomic E-state index is 9.16. The van der Waals surface area contributed by atoms with Crippen molar-refractivity contribution in [2.75, 3.05) is 0 Å². The van der Waals surface area contributed by atoms with Gasteiger partial charge in [0.2, 0.25) is 0 Å². The second kappa shape index (κ2) is 2.54. The first kappa shape index (κ1) is 8.06. The zero-order chi connectivity index (χ0) is 7.78. The van der Waals surface area contributed by atoms with Gasteiger partial charge in [-0.3, -0.25) is 0 Å². The van der Waals surface area contributed by atoms with Gasteiger partial charge in [0.05, 0.1) is 6.10 Å². The number of hydrogen-bond acceptors (Lipinski definition) is 1. The van der Waals surface area contributed by atoms with Crippen molar-refractivity contribution in [3.8, 4) is 0 Å². The van der Waals surface area contributed by atoms with Crippen LogP contribution in [0.4, 0.5) is 0 Å². The third kappa shape index (κ3) is 1.98. The fraction of sp³-hybridized carbons (Fsp3) is 1.00. The van der Waals surface area contributed by atoms with E-state index in [0.29, 0.717) is 5.41 Å². The van der Waals surface area contributed by atoms with Crippen LogP contribution >= 0.6 is 0 Å². The van der Waals surface area contributed by atoms with Crippen LogP contribution in [-0.2, 0) is 0 Å². The Kier molecular flexibility index (Phi) is 2.04. The molecule has 0 bridgehead atoms.